The number of rotatable bonds is 12. The monoisotopic (exact) mass is 671 g/mol. The zero-order valence-electron chi connectivity index (χ0n) is 26.8. The third kappa shape index (κ3) is 7.01. The molecule has 1 amide bonds. The third-order valence-electron chi connectivity index (χ3n) is 7.96. The minimum atomic E-state index is -0.984. The van der Waals surface area contributed by atoms with Crippen LogP contribution < -0.4 is 19.1 Å². The van der Waals surface area contributed by atoms with E-state index in [1.54, 1.807) is 30.3 Å². The van der Waals surface area contributed by atoms with Crippen molar-refractivity contribution in [2.24, 2.45) is 5.92 Å². The summed E-state index contributed by atoms with van der Waals surface area (Å²) in [5.41, 5.74) is 3.02. The fourth-order valence-corrected chi connectivity index (χ4v) is 7.46. The first-order valence-corrected chi connectivity index (χ1v) is 17.5. The fraction of sp³-hybridized carbons (Fsp3) is 0.333. The van der Waals surface area contributed by atoms with Gasteiger partial charge in [0.15, 0.2) is 15.8 Å². The average molecular weight is 672 g/mol. The Morgan fingerprint density at radius 1 is 1.06 bits per heavy atom. The van der Waals surface area contributed by atoms with Crippen LogP contribution in [-0.4, -0.2) is 46.3 Å². The number of amides is 1. The summed E-state index contributed by atoms with van der Waals surface area (Å²) >= 11 is 2.73. The number of aliphatic hydroxyl groups is 1. The van der Waals surface area contributed by atoms with Gasteiger partial charge in [-0.2, -0.15) is 0 Å². The summed E-state index contributed by atoms with van der Waals surface area (Å²) in [6.45, 7) is 9.03. The number of carbonyl (C=O) groups is 2. The first-order valence-electron chi connectivity index (χ1n) is 15.7. The molecule has 1 fully saturated rings. The van der Waals surface area contributed by atoms with Gasteiger partial charge >= 0.3 is 5.91 Å². The molecule has 47 heavy (non-hydrogen) atoms. The molecule has 1 aromatic heterocycles. The number of nitrogens with zero attached hydrogens (tertiary/aromatic N) is 3. The van der Waals surface area contributed by atoms with Crippen LogP contribution in [0.3, 0.4) is 0 Å². The van der Waals surface area contributed by atoms with Gasteiger partial charge in [0.25, 0.3) is 5.78 Å². The summed E-state index contributed by atoms with van der Waals surface area (Å²) in [6, 6.07) is 19.7. The van der Waals surface area contributed by atoms with Crippen LogP contribution in [0.15, 0.2) is 76.6 Å². The average Bonchev–Trinajstić information content (AvgIpc) is 3.75. The molecule has 1 saturated heterocycles. The molecule has 244 valence electrons. The van der Waals surface area contributed by atoms with Crippen molar-refractivity contribution in [2.45, 2.75) is 62.8 Å². The van der Waals surface area contributed by atoms with Crippen molar-refractivity contribution in [1.29, 1.82) is 0 Å². The van der Waals surface area contributed by atoms with E-state index in [9.17, 15) is 14.7 Å². The molecule has 3 aromatic carbocycles. The summed E-state index contributed by atoms with van der Waals surface area (Å²) in [5, 5.41) is 20.7. The second-order valence-corrected chi connectivity index (χ2v) is 14.1. The Labute approximate surface area is 282 Å². The van der Waals surface area contributed by atoms with E-state index in [1.165, 1.54) is 28.0 Å². The topological polar surface area (TPSA) is 111 Å². The first kappa shape index (κ1) is 32.6. The van der Waals surface area contributed by atoms with Gasteiger partial charge in [0.2, 0.25) is 5.13 Å². The Kier molecular flexibility index (Phi) is 9.84. The number of aromatic nitrogens is 2. The second-order valence-electron chi connectivity index (χ2n) is 11.9. The van der Waals surface area contributed by atoms with Crippen molar-refractivity contribution in [2.75, 3.05) is 18.1 Å². The van der Waals surface area contributed by atoms with Crippen LogP contribution in [0.1, 0.15) is 62.4 Å². The highest BCUT2D eigenvalue weighted by atomic mass is 32.2. The van der Waals surface area contributed by atoms with E-state index in [4.69, 9.17) is 14.2 Å². The zero-order chi connectivity index (χ0) is 33.1. The predicted molar refractivity (Wildman–Crippen MR) is 183 cm³/mol. The van der Waals surface area contributed by atoms with Gasteiger partial charge < -0.3 is 19.3 Å². The maximum atomic E-state index is 13.8. The van der Waals surface area contributed by atoms with Gasteiger partial charge in [0.05, 0.1) is 24.8 Å². The number of ketones is 1. The lowest BCUT2D eigenvalue weighted by molar-refractivity contribution is -0.132. The summed E-state index contributed by atoms with van der Waals surface area (Å²) < 4.78 is 18.5. The lowest BCUT2D eigenvalue weighted by Gasteiger charge is -2.24. The molecular weight excluding hydrogens is 635 g/mol. The molecule has 0 saturated carbocycles. The highest BCUT2D eigenvalue weighted by Crippen LogP contribution is 2.46. The van der Waals surface area contributed by atoms with Gasteiger partial charge in [-0.15, -0.1) is 10.2 Å². The predicted octanol–water partition coefficient (Wildman–Crippen LogP) is 7.60. The zero-order valence-corrected chi connectivity index (χ0v) is 28.4. The Balaban J connectivity index is 1.41. The van der Waals surface area contributed by atoms with Gasteiger partial charge in [-0.05, 0) is 73.2 Å². The Hall–Kier alpha value is -4.35. The maximum absolute atomic E-state index is 13.8. The number of Topliss-reactive ketones (excluding diaryl/α,β-unsaturated/α-hetero) is 1. The lowest BCUT2D eigenvalue weighted by Crippen LogP contribution is -2.29. The van der Waals surface area contributed by atoms with Gasteiger partial charge in [-0.25, -0.2) is 0 Å². The quantitative estimate of drug-likeness (QED) is 0.0535. The summed E-state index contributed by atoms with van der Waals surface area (Å²) in [6.07, 6.45) is 1.57. The summed E-state index contributed by atoms with van der Waals surface area (Å²) in [5.74, 6) is 1.08. The van der Waals surface area contributed by atoms with E-state index in [0.29, 0.717) is 58.3 Å². The molecule has 0 radical (unpaired) electrons. The highest BCUT2D eigenvalue weighted by molar-refractivity contribution is 8.00. The standard InChI is InChI=1S/C36H37N3O6S2/c1-5-43-29-19-24(11-14-28(29)44-16-15-21(2)3)31-30(32(40)25-12-13-27-26(18-25)17-22(4)45-27)33(41)34(42)39(31)35-37-38-36(47-35)46-20-23-9-7-6-8-10-23/h6-14,18-19,21-22,31,40H,5,15-17,20H2,1-4H3/b32-30-. The molecular formula is C36H37N3O6S2. The minimum absolute atomic E-state index is 0.0117. The fourth-order valence-electron chi connectivity index (χ4n) is 5.63. The summed E-state index contributed by atoms with van der Waals surface area (Å²) in [4.78, 5) is 29.0. The van der Waals surface area contributed by atoms with E-state index < -0.39 is 17.7 Å². The molecule has 2 aliphatic rings. The number of carbonyl (C=O) groups excluding carboxylic acids is 2. The number of thioether (sulfide) groups is 1. The molecule has 0 aliphatic carbocycles. The van der Waals surface area contributed by atoms with Gasteiger partial charge in [0, 0.05) is 17.7 Å². The van der Waals surface area contributed by atoms with Crippen LogP contribution in [0.4, 0.5) is 5.13 Å². The molecule has 3 heterocycles. The Morgan fingerprint density at radius 2 is 1.87 bits per heavy atom. The van der Waals surface area contributed by atoms with Crippen molar-refractivity contribution >= 4 is 45.7 Å². The molecule has 0 bridgehead atoms. The molecule has 2 atom stereocenters. The van der Waals surface area contributed by atoms with E-state index in [2.05, 4.69) is 24.0 Å². The maximum Gasteiger partial charge on any atom is 0.301 e. The number of fused-ring (bicyclic) bond motifs is 1. The number of hydrogen-bond acceptors (Lipinski definition) is 10. The molecule has 1 N–H and O–H groups in total. The Morgan fingerprint density at radius 3 is 2.64 bits per heavy atom. The number of hydrogen-bond donors (Lipinski definition) is 1. The van der Waals surface area contributed by atoms with Crippen molar-refractivity contribution in [3.8, 4) is 17.2 Å². The number of benzene rings is 3. The van der Waals surface area contributed by atoms with Gasteiger partial charge in [-0.1, -0.05) is 73.3 Å². The van der Waals surface area contributed by atoms with Gasteiger partial charge in [-0.3, -0.25) is 14.5 Å². The first-order chi connectivity index (χ1) is 22.7. The molecule has 0 spiro atoms. The highest BCUT2D eigenvalue weighted by Gasteiger charge is 2.48. The van der Waals surface area contributed by atoms with Gasteiger partial charge in [0.1, 0.15) is 17.6 Å². The van der Waals surface area contributed by atoms with Crippen LogP contribution in [0.25, 0.3) is 5.76 Å². The number of ether oxygens (including phenoxy) is 3. The van der Waals surface area contributed by atoms with Crippen molar-refractivity contribution < 1.29 is 28.9 Å². The number of aliphatic hydroxyl groups excluding tert-OH is 1. The molecule has 9 nitrogen and oxygen atoms in total. The van der Waals surface area contributed by atoms with E-state index in [-0.39, 0.29) is 22.6 Å². The molecule has 6 rings (SSSR count). The summed E-state index contributed by atoms with van der Waals surface area (Å²) in [7, 11) is 0. The molecule has 2 aliphatic heterocycles. The normalized spacial score (nSPS) is 18.4. The van der Waals surface area contributed by atoms with Crippen LogP contribution in [0.5, 0.6) is 17.2 Å². The minimum Gasteiger partial charge on any atom is -0.507 e. The Bertz CT molecular complexity index is 1810. The second kappa shape index (κ2) is 14.2. The number of anilines is 1. The van der Waals surface area contributed by atoms with E-state index >= 15 is 0 Å². The van der Waals surface area contributed by atoms with Crippen LogP contribution >= 0.6 is 23.1 Å². The van der Waals surface area contributed by atoms with Crippen molar-refractivity contribution in [1.82, 2.24) is 10.2 Å². The van der Waals surface area contributed by atoms with E-state index in [1.807, 2.05) is 50.2 Å². The third-order valence-corrected chi connectivity index (χ3v) is 10.1. The molecule has 4 aromatic rings. The SMILES string of the molecule is CCOc1cc(C2/C(=C(/O)c3ccc4c(c3)CC(C)O4)C(=O)C(=O)N2c2nnc(SCc3ccccc3)s2)ccc1OCCC(C)C. The molecule has 2 unspecified atom stereocenters. The van der Waals surface area contributed by atoms with Crippen molar-refractivity contribution in [3.63, 3.8) is 0 Å². The van der Waals surface area contributed by atoms with E-state index in [0.717, 1.165) is 23.3 Å². The lowest BCUT2D eigenvalue weighted by atomic mass is 9.94. The molecule has 11 heteroatoms. The van der Waals surface area contributed by atoms with Crippen molar-refractivity contribution in [3.05, 3.63) is 94.6 Å². The smallest absolute Gasteiger partial charge is 0.301 e. The largest absolute Gasteiger partial charge is 0.507 e. The van der Waals surface area contributed by atoms with Crippen LogP contribution in [0.2, 0.25) is 0 Å². The van der Waals surface area contributed by atoms with Crippen LogP contribution in [-0.2, 0) is 21.8 Å². The van der Waals surface area contributed by atoms with Crippen LogP contribution in [0, 0.1) is 5.92 Å².